The zero-order chi connectivity index (χ0) is 12.3. The van der Waals surface area contributed by atoms with Crippen LogP contribution in [0.25, 0.3) is 10.9 Å². The molecule has 0 aliphatic carbocycles. The number of hydrogen-bond donors (Lipinski definition) is 1. The first-order valence-corrected chi connectivity index (χ1v) is 4.92. The molecule has 0 spiro atoms. The van der Waals surface area contributed by atoms with E-state index in [-0.39, 0.29) is 5.43 Å². The number of esters is 1. The molecule has 0 bridgehead atoms. The van der Waals surface area contributed by atoms with Gasteiger partial charge in [0.15, 0.2) is 5.43 Å². The maximum Gasteiger partial charge on any atom is 0.384 e. The van der Waals surface area contributed by atoms with Gasteiger partial charge in [-0.1, -0.05) is 5.92 Å². The largest absolute Gasteiger partial charge is 0.459 e. The molecule has 0 atom stereocenters. The van der Waals surface area contributed by atoms with E-state index >= 15 is 0 Å². The SMILES string of the molecule is COC(=O)C#Cc1ccc2[nH]ccc(=O)c2c1. The monoisotopic (exact) mass is 227 g/mol. The van der Waals surface area contributed by atoms with Crippen LogP contribution in [-0.2, 0) is 9.53 Å². The number of carbonyl (C=O) groups is 1. The van der Waals surface area contributed by atoms with E-state index in [1.807, 2.05) is 0 Å². The van der Waals surface area contributed by atoms with Crippen molar-refractivity contribution in [1.82, 2.24) is 4.98 Å². The van der Waals surface area contributed by atoms with Gasteiger partial charge in [-0.3, -0.25) is 4.79 Å². The third-order valence-electron chi connectivity index (χ3n) is 2.25. The lowest BCUT2D eigenvalue weighted by Gasteiger charge is -1.96. The van der Waals surface area contributed by atoms with E-state index in [4.69, 9.17) is 0 Å². The summed E-state index contributed by atoms with van der Waals surface area (Å²) in [4.78, 5) is 25.4. The van der Waals surface area contributed by atoms with Crippen molar-refractivity contribution in [2.75, 3.05) is 7.11 Å². The minimum atomic E-state index is -0.605. The number of fused-ring (bicyclic) bond motifs is 1. The van der Waals surface area contributed by atoms with E-state index in [9.17, 15) is 9.59 Å². The van der Waals surface area contributed by atoms with Crippen molar-refractivity contribution in [1.29, 1.82) is 0 Å². The second-order valence-corrected chi connectivity index (χ2v) is 3.34. The number of methoxy groups -OCH3 is 1. The number of H-pyrrole nitrogens is 1. The number of pyridine rings is 1. The van der Waals surface area contributed by atoms with Gasteiger partial charge in [0.05, 0.1) is 7.11 Å². The summed E-state index contributed by atoms with van der Waals surface area (Å²) in [7, 11) is 1.27. The summed E-state index contributed by atoms with van der Waals surface area (Å²) in [6, 6.07) is 6.57. The first-order valence-electron chi connectivity index (χ1n) is 4.92. The van der Waals surface area contributed by atoms with Crippen LogP contribution in [0.1, 0.15) is 5.56 Å². The molecule has 1 aromatic heterocycles. The number of hydrogen-bond acceptors (Lipinski definition) is 3. The minimum absolute atomic E-state index is 0.0829. The molecule has 0 radical (unpaired) electrons. The molecule has 1 heterocycles. The zero-order valence-corrected chi connectivity index (χ0v) is 9.11. The van der Waals surface area contributed by atoms with Gasteiger partial charge in [-0.15, -0.1) is 0 Å². The van der Waals surface area contributed by atoms with Crippen LogP contribution < -0.4 is 5.43 Å². The Morgan fingerprint density at radius 3 is 2.94 bits per heavy atom. The van der Waals surface area contributed by atoms with E-state index in [1.165, 1.54) is 13.2 Å². The summed E-state index contributed by atoms with van der Waals surface area (Å²) < 4.78 is 4.40. The Bertz CT molecular complexity index is 689. The Labute approximate surface area is 97.2 Å². The van der Waals surface area contributed by atoms with Crippen LogP contribution in [0.15, 0.2) is 35.3 Å². The van der Waals surface area contributed by atoms with Crippen LogP contribution in [0.4, 0.5) is 0 Å². The lowest BCUT2D eigenvalue weighted by molar-refractivity contribution is -0.133. The first kappa shape index (κ1) is 11.0. The summed E-state index contributed by atoms with van der Waals surface area (Å²) in [5.74, 6) is 4.34. The number of aromatic amines is 1. The zero-order valence-electron chi connectivity index (χ0n) is 9.11. The molecule has 4 nitrogen and oxygen atoms in total. The summed E-state index contributed by atoms with van der Waals surface area (Å²) in [6.07, 6.45) is 1.59. The summed E-state index contributed by atoms with van der Waals surface area (Å²) in [6.45, 7) is 0. The second kappa shape index (κ2) is 4.54. The van der Waals surface area contributed by atoms with Crippen molar-refractivity contribution in [3.8, 4) is 11.8 Å². The number of carbonyl (C=O) groups excluding carboxylic acids is 1. The van der Waals surface area contributed by atoms with Gasteiger partial charge < -0.3 is 9.72 Å². The molecule has 84 valence electrons. The predicted octanol–water partition coefficient (Wildman–Crippen LogP) is 1.05. The summed E-state index contributed by atoms with van der Waals surface area (Å²) >= 11 is 0. The average molecular weight is 227 g/mol. The Morgan fingerprint density at radius 1 is 1.35 bits per heavy atom. The van der Waals surface area contributed by atoms with Crippen LogP contribution in [0.3, 0.4) is 0 Å². The Balaban J connectivity index is 2.50. The number of ether oxygens (including phenoxy) is 1. The molecular formula is C13H9NO3. The molecule has 4 heteroatoms. The maximum atomic E-state index is 11.6. The fourth-order valence-corrected chi connectivity index (χ4v) is 1.42. The van der Waals surface area contributed by atoms with Crippen molar-refractivity contribution in [2.24, 2.45) is 0 Å². The number of aromatic nitrogens is 1. The van der Waals surface area contributed by atoms with Crippen molar-refractivity contribution >= 4 is 16.9 Å². The van der Waals surface area contributed by atoms with Crippen LogP contribution in [0.2, 0.25) is 0 Å². The minimum Gasteiger partial charge on any atom is -0.459 e. The first-order chi connectivity index (χ1) is 8.20. The van der Waals surface area contributed by atoms with Gasteiger partial charge in [0.25, 0.3) is 0 Å². The highest BCUT2D eigenvalue weighted by molar-refractivity contribution is 5.89. The van der Waals surface area contributed by atoms with Crippen LogP contribution in [-0.4, -0.2) is 18.1 Å². The van der Waals surface area contributed by atoms with E-state index in [0.717, 1.165) is 5.52 Å². The predicted molar refractivity (Wildman–Crippen MR) is 63.5 cm³/mol. The highest BCUT2D eigenvalue weighted by Gasteiger charge is 1.98. The third kappa shape index (κ3) is 2.34. The topological polar surface area (TPSA) is 59.2 Å². The number of benzene rings is 1. The normalized spacial score (nSPS) is 9.47. The third-order valence-corrected chi connectivity index (χ3v) is 2.25. The average Bonchev–Trinajstić information content (AvgIpc) is 2.36. The van der Waals surface area contributed by atoms with E-state index in [0.29, 0.717) is 10.9 Å². The molecule has 0 saturated carbocycles. The Morgan fingerprint density at radius 2 is 2.18 bits per heavy atom. The quantitative estimate of drug-likeness (QED) is 0.540. The number of nitrogens with one attached hydrogen (secondary N) is 1. The van der Waals surface area contributed by atoms with E-state index in [1.54, 1.807) is 24.4 Å². The van der Waals surface area contributed by atoms with Gasteiger partial charge in [0.2, 0.25) is 0 Å². The smallest absolute Gasteiger partial charge is 0.384 e. The molecule has 0 unspecified atom stereocenters. The van der Waals surface area contributed by atoms with Gasteiger partial charge in [-0.05, 0) is 18.2 Å². The molecule has 0 aliphatic rings. The molecule has 1 N–H and O–H groups in total. The lowest BCUT2D eigenvalue weighted by Crippen LogP contribution is -2.00. The molecule has 2 aromatic rings. The second-order valence-electron chi connectivity index (χ2n) is 3.34. The highest BCUT2D eigenvalue weighted by Crippen LogP contribution is 2.08. The Hall–Kier alpha value is -2.54. The van der Waals surface area contributed by atoms with Gasteiger partial charge in [-0.2, -0.15) is 0 Å². The molecule has 17 heavy (non-hydrogen) atoms. The molecule has 0 aliphatic heterocycles. The lowest BCUT2D eigenvalue weighted by atomic mass is 10.1. The molecular weight excluding hydrogens is 218 g/mol. The standard InChI is InChI=1S/C13H9NO3/c1-17-13(16)5-3-9-2-4-11-10(8-9)12(15)6-7-14-11/h2,4,6-8H,1H3,(H,14,15). The van der Waals surface area contributed by atoms with Crippen molar-refractivity contribution < 1.29 is 9.53 Å². The van der Waals surface area contributed by atoms with Gasteiger partial charge in [0.1, 0.15) is 0 Å². The highest BCUT2D eigenvalue weighted by atomic mass is 16.5. The van der Waals surface area contributed by atoms with Gasteiger partial charge in [-0.25, -0.2) is 4.79 Å². The molecule has 0 saturated heterocycles. The van der Waals surface area contributed by atoms with E-state index < -0.39 is 5.97 Å². The van der Waals surface area contributed by atoms with Crippen LogP contribution in [0, 0.1) is 11.8 Å². The van der Waals surface area contributed by atoms with Gasteiger partial charge >= 0.3 is 5.97 Å². The van der Waals surface area contributed by atoms with Gasteiger partial charge in [0, 0.05) is 34.7 Å². The fraction of sp³-hybridized carbons (Fsp3) is 0.0769. The molecule has 2 rings (SSSR count). The van der Waals surface area contributed by atoms with Crippen molar-refractivity contribution in [3.63, 3.8) is 0 Å². The molecule has 0 fully saturated rings. The summed E-state index contributed by atoms with van der Waals surface area (Å²) in [5.41, 5.74) is 1.25. The number of rotatable bonds is 0. The van der Waals surface area contributed by atoms with Crippen molar-refractivity contribution in [2.45, 2.75) is 0 Å². The molecule has 0 amide bonds. The fourth-order valence-electron chi connectivity index (χ4n) is 1.42. The van der Waals surface area contributed by atoms with Crippen LogP contribution in [0.5, 0.6) is 0 Å². The molecule has 1 aromatic carbocycles. The van der Waals surface area contributed by atoms with Crippen molar-refractivity contribution in [3.05, 3.63) is 46.2 Å². The van der Waals surface area contributed by atoms with Crippen LogP contribution >= 0.6 is 0 Å². The van der Waals surface area contributed by atoms with E-state index in [2.05, 4.69) is 21.6 Å². The summed E-state index contributed by atoms with van der Waals surface area (Å²) in [5, 5.41) is 0.546. The Kier molecular flexibility index (Phi) is 2.93. The maximum absolute atomic E-state index is 11.6.